The van der Waals surface area contributed by atoms with Crippen LogP contribution in [0.15, 0.2) is 42.5 Å². The Hall–Kier alpha value is -1.51. The largest absolute Gasteiger partial charge is 0.398 e. The van der Waals surface area contributed by atoms with Crippen LogP contribution in [0.2, 0.25) is 5.02 Å². The van der Waals surface area contributed by atoms with Crippen molar-refractivity contribution in [3.63, 3.8) is 0 Å². The van der Waals surface area contributed by atoms with E-state index in [-0.39, 0.29) is 0 Å². The highest BCUT2D eigenvalue weighted by Gasteiger charge is 2.05. The van der Waals surface area contributed by atoms with Crippen molar-refractivity contribution < 1.29 is 0 Å². The number of nitrogens with zero attached hydrogens (tertiary/aromatic N) is 1. The first-order valence-electron chi connectivity index (χ1n) is 6.32. The average Bonchev–Trinajstić information content (AvgIpc) is 2.34. The predicted octanol–water partition coefficient (Wildman–Crippen LogP) is 3.86. The summed E-state index contributed by atoms with van der Waals surface area (Å²) in [5.41, 5.74) is 10.4. The van der Waals surface area contributed by atoms with Gasteiger partial charge in [0, 0.05) is 23.8 Å². The third-order valence-electron chi connectivity index (χ3n) is 3.08. The Morgan fingerprint density at radius 1 is 1.11 bits per heavy atom. The van der Waals surface area contributed by atoms with Gasteiger partial charge in [-0.3, -0.25) is 4.90 Å². The molecule has 100 valence electrons. The zero-order valence-electron chi connectivity index (χ0n) is 11.4. The molecule has 2 aromatic rings. The van der Waals surface area contributed by atoms with E-state index in [1.165, 1.54) is 11.1 Å². The molecule has 0 amide bonds. The molecule has 0 unspecified atom stereocenters. The Morgan fingerprint density at radius 2 is 1.89 bits per heavy atom. The fourth-order valence-electron chi connectivity index (χ4n) is 2.18. The lowest BCUT2D eigenvalue weighted by molar-refractivity contribution is 0.319. The molecule has 2 N–H and O–H groups in total. The molecule has 0 heterocycles. The number of aryl methyl sites for hydroxylation is 1. The third-order valence-corrected chi connectivity index (χ3v) is 3.32. The van der Waals surface area contributed by atoms with E-state index in [4.69, 9.17) is 17.3 Å². The van der Waals surface area contributed by atoms with Gasteiger partial charge >= 0.3 is 0 Å². The van der Waals surface area contributed by atoms with Crippen LogP contribution in [-0.2, 0) is 13.1 Å². The fraction of sp³-hybridized carbons (Fsp3) is 0.250. The normalized spacial score (nSPS) is 10.9. The van der Waals surface area contributed by atoms with Crippen LogP contribution in [-0.4, -0.2) is 11.9 Å². The number of halogens is 1. The number of nitrogens with two attached hydrogens (primary N) is 1. The van der Waals surface area contributed by atoms with Crippen LogP contribution in [0.4, 0.5) is 5.69 Å². The summed E-state index contributed by atoms with van der Waals surface area (Å²) in [7, 11) is 2.09. The number of hydrogen-bond acceptors (Lipinski definition) is 2. The zero-order chi connectivity index (χ0) is 13.8. The van der Waals surface area contributed by atoms with E-state index in [1.807, 2.05) is 18.2 Å². The second-order valence-corrected chi connectivity index (χ2v) is 5.44. The van der Waals surface area contributed by atoms with Crippen LogP contribution < -0.4 is 5.73 Å². The van der Waals surface area contributed by atoms with Crippen LogP contribution in [0.3, 0.4) is 0 Å². The summed E-state index contributed by atoms with van der Waals surface area (Å²) in [5.74, 6) is 0. The van der Waals surface area contributed by atoms with Crippen LogP contribution >= 0.6 is 11.6 Å². The fourth-order valence-corrected chi connectivity index (χ4v) is 2.37. The molecular formula is C16H19ClN2. The van der Waals surface area contributed by atoms with Crippen LogP contribution in [0.25, 0.3) is 0 Å². The van der Waals surface area contributed by atoms with Gasteiger partial charge in [0.2, 0.25) is 0 Å². The highest BCUT2D eigenvalue weighted by molar-refractivity contribution is 6.30. The standard InChI is InChI=1S/C16H19ClN2/c1-12-4-3-5-13(8-12)10-19(2)11-14-9-15(17)6-7-16(14)18/h3-9H,10-11,18H2,1-2H3. The maximum absolute atomic E-state index is 6.01. The van der Waals surface area contributed by atoms with Gasteiger partial charge in [0.25, 0.3) is 0 Å². The third kappa shape index (κ3) is 3.98. The van der Waals surface area contributed by atoms with Gasteiger partial charge < -0.3 is 5.73 Å². The molecule has 0 atom stereocenters. The van der Waals surface area contributed by atoms with Crippen molar-refractivity contribution in [1.29, 1.82) is 0 Å². The van der Waals surface area contributed by atoms with Crippen LogP contribution in [0.1, 0.15) is 16.7 Å². The smallest absolute Gasteiger partial charge is 0.0410 e. The molecule has 0 radical (unpaired) electrons. The molecule has 0 saturated heterocycles. The first-order chi connectivity index (χ1) is 9.04. The average molecular weight is 275 g/mol. The minimum atomic E-state index is 0.730. The lowest BCUT2D eigenvalue weighted by atomic mass is 10.1. The Balaban J connectivity index is 2.05. The molecule has 0 fully saturated rings. The van der Waals surface area contributed by atoms with Crippen molar-refractivity contribution in [2.75, 3.05) is 12.8 Å². The summed E-state index contributed by atoms with van der Waals surface area (Å²) in [5, 5.41) is 0.730. The predicted molar refractivity (Wildman–Crippen MR) is 82.2 cm³/mol. The number of rotatable bonds is 4. The minimum Gasteiger partial charge on any atom is -0.398 e. The van der Waals surface area contributed by atoms with Gasteiger partial charge in [-0.2, -0.15) is 0 Å². The van der Waals surface area contributed by atoms with Gasteiger partial charge in [-0.1, -0.05) is 41.4 Å². The van der Waals surface area contributed by atoms with Gasteiger partial charge in [0.1, 0.15) is 0 Å². The molecule has 0 aromatic heterocycles. The van der Waals surface area contributed by atoms with Crippen molar-refractivity contribution >= 4 is 17.3 Å². The molecule has 2 aromatic carbocycles. The van der Waals surface area contributed by atoms with Gasteiger partial charge in [-0.25, -0.2) is 0 Å². The maximum Gasteiger partial charge on any atom is 0.0410 e. The highest BCUT2D eigenvalue weighted by atomic mass is 35.5. The molecule has 0 aliphatic heterocycles. The topological polar surface area (TPSA) is 29.3 Å². The monoisotopic (exact) mass is 274 g/mol. The Morgan fingerprint density at radius 3 is 2.63 bits per heavy atom. The summed E-state index contributed by atoms with van der Waals surface area (Å²) >= 11 is 6.01. The summed E-state index contributed by atoms with van der Waals surface area (Å²) in [6.07, 6.45) is 0. The quantitative estimate of drug-likeness (QED) is 0.858. The molecule has 0 saturated carbocycles. The van der Waals surface area contributed by atoms with E-state index in [0.29, 0.717) is 0 Å². The molecule has 0 aliphatic carbocycles. The summed E-state index contributed by atoms with van der Waals surface area (Å²) in [4.78, 5) is 2.23. The molecule has 0 bridgehead atoms. The molecule has 3 heteroatoms. The van der Waals surface area contributed by atoms with Gasteiger partial charge in [0.05, 0.1) is 0 Å². The van der Waals surface area contributed by atoms with Crippen molar-refractivity contribution in [3.05, 3.63) is 64.2 Å². The van der Waals surface area contributed by atoms with Gasteiger partial charge in [-0.15, -0.1) is 0 Å². The first-order valence-corrected chi connectivity index (χ1v) is 6.70. The van der Waals surface area contributed by atoms with Gasteiger partial charge in [-0.05, 0) is 43.3 Å². The van der Waals surface area contributed by atoms with Crippen LogP contribution in [0, 0.1) is 6.92 Å². The molecule has 19 heavy (non-hydrogen) atoms. The molecule has 2 nitrogen and oxygen atoms in total. The van der Waals surface area contributed by atoms with Crippen molar-refractivity contribution in [1.82, 2.24) is 4.90 Å². The van der Waals surface area contributed by atoms with E-state index in [2.05, 4.69) is 43.1 Å². The zero-order valence-corrected chi connectivity index (χ0v) is 12.1. The Labute approximate surface area is 119 Å². The lowest BCUT2D eigenvalue weighted by Gasteiger charge is -2.18. The highest BCUT2D eigenvalue weighted by Crippen LogP contribution is 2.20. The van der Waals surface area contributed by atoms with E-state index in [1.54, 1.807) is 0 Å². The van der Waals surface area contributed by atoms with E-state index < -0.39 is 0 Å². The SMILES string of the molecule is Cc1cccc(CN(C)Cc2cc(Cl)ccc2N)c1. The summed E-state index contributed by atoms with van der Waals surface area (Å²) in [6.45, 7) is 3.80. The number of benzene rings is 2. The second kappa shape index (κ2) is 6.09. The van der Waals surface area contributed by atoms with E-state index in [0.717, 1.165) is 29.4 Å². The van der Waals surface area contributed by atoms with Crippen molar-refractivity contribution in [3.8, 4) is 0 Å². The Kier molecular flexibility index (Phi) is 4.46. The number of anilines is 1. The number of nitrogen functional groups attached to an aromatic ring is 1. The number of hydrogen-bond donors (Lipinski definition) is 1. The van der Waals surface area contributed by atoms with Crippen LogP contribution in [0.5, 0.6) is 0 Å². The minimum absolute atomic E-state index is 0.730. The lowest BCUT2D eigenvalue weighted by Crippen LogP contribution is -2.18. The summed E-state index contributed by atoms with van der Waals surface area (Å²) < 4.78 is 0. The molecular weight excluding hydrogens is 256 g/mol. The second-order valence-electron chi connectivity index (χ2n) is 5.00. The van der Waals surface area contributed by atoms with Gasteiger partial charge in [0.15, 0.2) is 0 Å². The first kappa shape index (κ1) is 13.9. The van der Waals surface area contributed by atoms with E-state index in [9.17, 15) is 0 Å². The maximum atomic E-state index is 6.01. The molecule has 0 aliphatic rings. The summed E-state index contributed by atoms with van der Waals surface area (Å²) in [6, 6.07) is 14.2. The molecule has 0 spiro atoms. The Bertz CT molecular complexity index is 566. The molecule has 2 rings (SSSR count). The van der Waals surface area contributed by atoms with Crippen molar-refractivity contribution in [2.24, 2.45) is 0 Å². The van der Waals surface area contributed by atoms with Crippen molar-refractivity contribution in [2.45, 2.75) is 20.0 Å². The van der Waals surface area contributed by atoms with E-state index >= 15 is 0 Å².